The number of benzene rings is 3. The number of methoxy groups -OCH3 is 1. The van der Waals surface area contributed by atoms with Crippen molar-refractivity contribution in [3.05, 3.63) is 95.6 Å². The highest BCUT2D eigenvalue weighted by molar-refractivity contribution is 5.94. The molecule has 0 aliphatic carbocycles. The Balaban J connectivity index is 1.09. The van der Waals surface area contributed by atoms with Crippen molar-refractivity contribution < 1.29 is 9.53 Å². The van der Waals surface area contributed by atoms with Gasteiger partial charge in [0, 0.05) is 38.3 Å². The number of anilines is 1. The molecule has 2 aliphatic rings. The van der Waals surface area contributed by atoms with Crippen LogP contribution in [0, 0.1) is 5.92 Å². The quantitative estimate of drug-likeness (QED) is 0.468. The maximum atomic E-state index is 13.1. The van der Waals surface area contributed by atoms with E-state index in [2.05, 4.69) is 58.3 Å². The van der Waals surface area contributed by atoms with Crippen molar-refractivity contribution >= 4 is 11.6 Å². The SMILES string of the molecule is COc1ccccc1N1CCN(C(=O)c2ccc(CN3CCC(Cc4ccccc4)CC3)cc2)CC1. The fourth-order valence-electron chi connectivity index (χ4n) is 5.53. The van der Waals surface area contributed by atoms with Crippen molar-refractivity contribution in [3.8, 4) is 5.75 Å². The van der Waals surface area contributed by atoms with E-state index < -0.39 is 0 Å². The largest absolute Gasteiger partial charge is 0.495 e. The smallest absolute Gasteiger partial charge is 0.253 e. The first-order valence-corrected chi connectivity index (χ1v) is 13.2. The molecular weight excluding hydrogens is 446 g/mol. The van der Waals surface area contributed by atoms with E-state index in [1.54, 1.807) is 7.11 Å². The van der Waals surface area contributed by atoms with Crippen molar-refractivity contribution in [2.24, 2.45) is 5.92 Å². The lowest BCUT2D eigenvalue weighted by atomic mass is 9.90. The Morgan fingerprint density at radius 1 is 0.778 bits per heavy atom. The summed E-state index contributed by atoms with van der Waals surface area (Å²) < 4.78 is 5.51. The number of ether oxygens (including phenoxy) is 1. The number of likely N-dealkylation sites (tertiary alicyclic amines) is 1. The van der Waals surface area contributed by atoms with Gasteiger partial charge in [0.2, 0.25) is 0 Å². The molecule has 3 aromatic rings. The Morgan fingerprint density at radius 3 is 2.14 bits per heavy atom. The Morgan fingerprint density at radius 2 is 1.44 bits per heavy atom. The summed E-state index contributed by atoms with van der Waals surface area (Å²) in [4.78, 5) is 19.9. The maximum Gasteiger partial charge on any atom is 0.253 e. The molecule has 2 fully saturated rings. The Labute approximate surface area is 215 Å². The number of hydrogen-bond acceptors (Lipinski definition) is 4. The summed E-state index contributed by atoms with van der Waals surface area (Å²) in [7, 11) is 1.70. The van der Waals surface area contributed by atoms with Gasteiger partial charge in [0.25, 0.3) is 5.91 Å². The van der Waals surface area contributed by atoms with Crippen LogP contribution in [-0.2, 0) is 13.0 Å². The van der Waals surface area contributed by atoms with Gasteiger partial charge in [0.05, 0.1) is 12.8 Å². The zero-order valence-electron chi connectivity index (χ0n) is 21.3. The second kappa shape index (κ2) is 11.6. The first-order valence-electron chi connectivity index (χ1n) is 13.2. The van der Waals surface area contributed by atoms with Crippen LogP contribution < -0.4 is 9.64 Å². The molecule has 0 spiro atoms. The van der Waals surface area contributed by atoms with Gasteiger partial charge in [-0.2, -0.15) is 0 Å². The Kier molecular flexibility index (Phi) is 7.87. The molecule has 0 bridgehead atoms. The lowest BCUT2D eigenvalue weighted by Gasteiger charge is -2.36. The number of rotatable bonds is 7. The molecule has 36 heavy (non-hydrogen) atoms. The first-order chi connectivity index (χ1) is 17.7. The minimum absolute atomic E-state index is 0.128. The highest BCUT2D eigenvalue weighted by Crippen LogP contribution is 2.28. The second-order valence-corrected chi connectivity index (χ2v) is 10.1. The predicted octanol–water partition coefficient (Wildman–Crippen LogP) is 5.11. The highest BCUT2D eigenvalue weighted by Gasteiger charge is 2.24. The van der Waals surface area contributed by atoms with E-state index in [0.717, 1.165) is 68.7 Å². The molecule has 2 heterocycles. The number of para-hydroxylation sites is 2. The van der Waals surface area contributed by atoms with Crippen LogP contribution in [0.15, 0.2) is 78.9 Å². The van der Waals surface area contributed by atoms with E-state index in [1.807, 2.05) is 35.2 Å². The lowest BCUT2D eigenvalue weighted by molar-refractivity contribution is 0.0746. The first kappa shape index (κ1) is 24.4. The summed E-state index contributed by atoms with van der Waals surface area (Å²) in [5.41, 5.74) is 4.62. The molecule has 0 atom stereocenters. The minimum atomic E-state index is 0.128. The Hall–Kier alpha value is -3.31. The number of piperazine rings is 1. The number of carbonyl (C=O) groups excluding carboxylic acids is 1. The van der Waals surface area contributed by atoms with Gasteiger partial charge >= 0.3 is 0 Å². The zero-order chi connectivity index (χ0) is 24.7. The maximum absolute atomic E-state index is 13.1. The normalized spacial score (nSPS) is 17.2. The average Bonchev–Trinajstić information content (AvgIpc) is 2.95. The van der Waals surface area contributed by atoms with E-state index in [9.17, 15) is 4.79 Å². The molecular formula is C31H37N3O2. The molecule has 0 aromatic heterocycles. The predicted molar refractivity (Wildman–Crippen MR) is 146 cm³/mol. The molecule has 0 saturated carbocycles. The summed E-state index contributed by atoms with van der Waals surface area (Å²) in [6.07, 6.45) is 3.71. The van der Waals surface area contributed by atoms with Gasteiger partial charge in [-0.05, 0) is 73.7 Å². The molecule has 2 aliphatic heterocycles. The van der Waals surface area contributed by atoms with E-state index >= 15 is 0 Å². The number of carbonyl (C=O) groups is 1. The van der Waals surface area contributed by atoms with Crippen LogP contribution in [0.2, 0.25) is 0 Å². The van der Waals surface area contributed by atoms with Crippen LogP contribution in [-0.4, -0.2) is 62.1 Å². The topological polar surface area (TPSA) is 36.0 Å². The summed E-state index contributed by atoms with van der Waals surface area (Å²) in [6, 6.07) is 27.2. The highest BCUT2D eigenvalue weighted by atomic mass is 16.5. The third kappa shape index (κ3) is 5.90. The average molecular weight is 484 g/mol. The van der Waals surface area contributed by atoms with Crippen molar-refractivity contribution in [1.82, 2.24) is 9.80 Å². The van der Waals surface area contributed by atoms with E-state index in [-0.39, 0.29) is 5.91 Å². The van der Waals surface area contributed by atoms with Crippen LogP contribution in [0.4, 0.5) is 5.69 Å². The third-order valence-corrected chi connectivity index (χ3v) is 7.67. The van der Waals surface area contributed by atoms with Gasteiger partial charge < -0.3 is 14.5 Å². The summed E-state index contributed by atoms with van der Waals surface area (Å²) in [5.74, 6) is 1.79. The van der Waals surface area contributed by atoms with Gasteiger partial charge in [0.1, 0.15) is 5.75 Å². The van der Waals surface area contributed by atoms with Crippen molar-refractivity contribution in [2.75, 3.05) is 51.3 Å². The molecule has 0 N–H and O–H groups in total. The third-order valence-electron chi connectivity index (χ3n) is 7.67. The van der Waals surface area contributed by atoms with Gasteiger partial charge in [-0.3, -0.25) is 9.69 Å². The zero-order valence-corrected chi connectivity index (χ0v) is 21.3. The van der Waals surface area contributed by atoms with Crippen LogP contribution >= 0.6 is 0 Å². The van der Waals surface area contributed by atoms with Gasteiger partial charge in [-0.25, -0.2) is 0 Å². The minimum Gasteiger partial charge on any atom is -0.495 e. The standard InChI is InChI=1S/C31H37N3O2/c1-36-30-10-6-5-9-29(30)33-19-21-34(22-20-33)31(35)28-13-11-27(12-14-28)24-32-17-15-26(16-18-32)23-25-7-3-2-4-8-25/h2-14,26H,15-24H2,1H3. The van der Waals surface area contributed by atoms with Crippen LogP contribution in [0.25, 0.3) is 0 Å². The number of piperidine rings is 1. The monoisotopic (exact) mass is 483 g/mol. The molecule has 5 heteroatoms. The van der Waals surface area contributed by atoms with Crippen molar-refractivity contribution in [2.45, 2.75) is 25.8 Å². The van der Waals surface area contributed by atoms with E-state index in [4.69, 9.17) is 4.74 Å². The second-order valence-electron chi connectivity index (χ2n) is 10.1. The molecule has 0 unspecified atom stereocenters. The number of nitrogens with zero attached hydrogens (tertiary/aromatic N) is 3. The van der Waals surface area contributed by atoms with Gasteiger partial charge in [-0.1, -0.05) is 54.6 Å². The molecule has 0 radical (unpaired) electrons. The van der Waals surface area contributed by atoms with Gasteiger partial charge in [0.15, 0.2) is 0 Å². The van der Waals surface area contributed by atoms with Crippen LogP contribution in [0.1, 0.15) is 34.3 Å². The summed E-state index contributed by atoms with van der Waals surface area (Å²) in [5, 5.41) is 0. The van der Waals surface area contributed by atoms with E-state index in [0.29, 0.717) is 0 Å². The number of amides is 1. The molecule has 2 saturated heterocycles. The summed E-state index contributed by atoms with van der Waals surface area (Å²) in [6.45, 7) is 6.31. The number of hydrogen-bond donors (Lipinski definition) is 0. The molecule has 5 rings (SSSR count). The van der Waals surface area contributed by atoms with Gasteiger partial charge in [-0.15, -0.1) is 0 Å². The Bertz CT molecular complexity index is 1120. The molecule has 5 nitrogen and oxygen atoms in total. The van der Waals surface area contributed by atoms with E-state index in [1.165, 1.54) is 30.4 Å². The fraction of sp³-hybridized carbons (Fsp3) is 0.387. The molecule has 1 amide bonds. The van der Waals surface area contributed by atoms with Crippen LogP contribution in [0.5, 0.6) is 5.75 Å². The molecule has 188 valence electrons. The fourth-order valence-corrected chi connectivity index (χ4v) is 5.53. The van der Waals surface area contributed by atoms with Crippen molar-refractivity contribution in [1.29, 1.82) is 0 Å². The lowest BCUT2D eigenvalue weighted by Crippen LogP contribution is -2.48. The van der Waals surface area contributed by atoms with Crippen molar-refractivity contribution in [3.63, 3.8) is 0 Å². The summed E-state index contributed by atoms with van der Waals surface area (Å²) >= 11 is 0. The van der Waals surface area contributed by atoms with Crippen LogP contribution in [0.3, 0.4) is 0 Å². The molecule has 3 aromatic carbocycles.